The molecule has 1 aliphatic carbocycles. The Bertz CT molecular complexity index is 450. The van der Waals surface area contributed by atoms with Gasteiger partial charge in [-0.3, -0.25) is 4.79 Å². The lowest BCUT2D eigenvalue weighted by atomic mass is 10.1. The molecule has 0 aromatic carbocycles. The second-order valence-corrected chi connectivity index (χ2v) is 4.86. The van der Waals surface area contributed by atoms with E-state index in [0.717, 1.165) is 19.3 Å². The molecule has 1 aromatic heterocycles. The molecule has 2 atom stereocenters. The molecule has 18 heavy (non-hydrogen) atoms. The predicted molar refractivity (Wildman–Crippen MR) is 68.0 cm³/mol. The van der Waals surface area contributed by atoms with Crippen LogP contribution in [0.2, 0.25) is 0 Å². The molecule has 1 fully saturated rings. The fraction of sp³-hybridized carbons (Fsp3) is 0.538. The van der Waals surface area contributed by atoms with Crippen LogP contribution in [0.4, 0.5) is 10.2 Å². The maximum Gasteiger partial charge on any atom is 0.254 e. The predicted octanol–water partition coefficient (Wildman–Crippen LogP) is 2.18. The number of amides is 1. The fourth-order valence-corrected chi connectivity index (χ4v) is 2.39. The first-order valence-electron chi connectivity index (χ1n) is 6.25. The molecular weight excluding hydrogens is 233 g/mol. The summed E-state index contributed by atoms with van der Waals surface area (Å²) in [7, 11) is 1.58. The molecule has 0 saturated heterocycles. The van der Waals surface area contributed by atoms with Gasteiger partial charge < -0.3 is 10.6 Å². The smallest absolute Gasteiger partial charge is 0.254 e. The monoisotopic (exact) mass is 251 g/mol. The van der Waals surface area contributed by atoms with E-state index in [2.05, 4.69) is 22.5 Å². The molecule has 5 heteroatoms. The van der Waals surface area contributed by atoms with Crippen LogP contribution in [0.3, 0.4) is 0 Å². The Hall–Kier alpha value is -1.65. The van der Waals surface area contributed by atoms with Crippen LogP contribution in [-0.4, -0.2) is 24.0 Å². The highest BCUT2D eigenvalue weighted by molar-refractivity contribution is 5.95. The quantitative estimate of drug-likeness (QED) is 0.865. The first-order valence-corrected chi connectivity index (χ1v) is 6.25. The molecule has 1 aromatic rings. The van der Waals surface area contributed by atoms with Crippen molar-refractivity contribution in [2.45, 2.75) is 32.2 Å². The van der Waals surface area contributed by atoms with Crippen LogP contribution in [0.25, 0.3) is 0 Å². The van der Waals surface area contributed by atoms with Crippen LogP contribution in [-0.2, 0) is 0 Å². The number of rotatable bonds is 3. The summed E-state index contributed by atoms with van der Waals surface area (Å²) in [4.78, 5) is 15.8. The topological polar surface area (TPSA) is 54.0 Å². The first kappa shape index (κ1) is 12.8. The summed E-state index contributed by atoms with van der Waals surface area (Å²) >= 11 is 0. The summed E-state index contributed by atoms with van der Waals surface area (Å²) < 4.78 is 13.9. The van der Waals surface area contributed by atoms with Crippen molar-refractivity contribution in [3.63, 3.8) is 0 Å². The van der Waals surface area contributed by atoms with E-state index in [-0.39, 0.29) is 23.3 Å². The van der Waals surface area contributed by atoms with Gasteiger partial charge in [-0.25, -0.2) is 9.37 Å². The van der Waals surface area contributed by atoms with Crippen molar-refractivity contribution in [2.75, 3.05) is 12.4 Å². The summed E-state index contributed by atoms with van der Waals surface area (Å²) in [6.07, 6.45) is 4.49. The Morgan fingerprint density at radius 1 is 1.50 bits per heavy atom. The lowest BCUT2D eigenvalue weighted by molar-refractivity contribution is 0.0933. The van der Waals surface area contributed by atoms with Crippen LogP contribution < -0.4 is 10.6 Å². The van der Waals surface area contributed by atoms with Crippen molar-refractivity contribution >= 4 is 11.7 Å². The van der Waals surface area contributed by atoms with E-state index in [9.17, 15) is 9.18 Å². The Morgan fingerprint density at radius 3 is 2.89 bits per heavy atom. The number of hydrogen-bond donors (Lipinski definition) is 2. The summed E-state index contributed by atoms with van der Waals surface area (Å²) in [6.45, 7) is 2.16. The number of carbonyl (C=O) groups is 1. The maximum absolute atomic E-state index is 13.9. The van der Waals surface area contributed by atoms with Crippen molar-refractivity contribution in [2.24, 2.45) is 5.92 Å². The van der Waals surface area contributed by atoms with E-state index in [1.165, 1.54) is 12.3 Å². The SMILES string of the molecule is CNc1nccc(C(=O)NC2CCC(C)C2)c1F. The van der Waals surface area contributed by atoms with E-state index < -0.39 is 5.82 Å². The van der Waals surface area contributed by atoms with Gasteiger partial charge in [0.2, 0.25) is 0 Å². The molecular formula is C13H18FN3O. The number of hydrogen-bond acceptors (Lipinski definition) is 3. The minimum absolute atomic E-state index is 0.0499. The number of halogens is 1. The maximum atomic E-state index is 13.9. The third kappa shape index (κ3) is 2.60. The average Bonchev–Trinajstić information content (AvgIpc) is 2.75. The zero-order valence-corrected chi connectivity index (χ0v) is 10.7. The van der Waals surface area contributed by atoms with Gasteiger partial charge in [-0.2, -0.15) is 0 Å². The van der Waals surface area contributed by atoms with Crippen LogP contribution in [0.5, 0.6) is 0 Å². The van der Waals surface area contributed by atoms with E-state index in [1.54, 1.807) is 7.05 Å². The molecule has 2 N–H and O–H groups in total. The minimum atomic E-state index is -0.594. The summed E-state index contributed by atoms with van der Waals surface area (Å²) in [5.74, 6) is -0.220. The number of anilines is 1. The molecule has 0 aliphatic heterocycles. The van der Waals surface area contributed by atoms with E-state index >= 15 is 0 Å². The molecule has 1 amide bonds. The molecule has 0 radical (unpaired) electrons. The zero-order valence-electron chi connectivity index (χ0n) is 10.7. The molecule has 2 rings (SSSR count). The standard InChI is InChI=1S/C13H18FN3O/c1-8-3-4-9(7-8)17-13(18)10-5-6-16-12(15-2)11(10)14/h5-6,8-9H,3-4,7H2,1-2H3,(H,15,16)(H,17,18). The van der Waals surface area contributed by atoms with Crippen LogP contribution >= 0.6 is 0 Å². The van der Waals surface area contributed by atoms with Gasteiger partial charge in [-0.15, -0.1) is 0 Å². The van der Waals surface area contributed by atoms with E-state index in [1.807, 2.05) is 0 Å². The second-order valence-electron chi connectivity index (χ2n) is 4.86. The van der Waals surface area contributed by atoms with Gasteiger partial charge in [-0.05, 0) is 31.2 Å². The van der Waals surface area contributed by atoms with Gasteiger partial charge in [-0.1, -0.05) is 6.92 Å². The van der Waals surface area contributed by atoms with E-state index in [0.29, 0.717) is 5.92 Å². The molecule has 98 valence electrons. The highest BCUT2D eigenvalue weighted by atomic mass is 19.1. The van der Waals surface area contributed by atoms with Crippen molar-refractivity contribution in [3.8, 4) is 0 Å². The molecule has 4 nitrogen and oxygen atoms in total. The van der Waals surface area contributed by atoms with Gasteiger partial charge in [0.15, 0.2) is 11.6 Å². The van der Waals surface area contributed by atoms with E-state index in [4.69, 9.17) is 0 Å². The number of aromatic nitrogens is 1. The van der Waals surface area contributed by atoms with Crippen molar-refractivity contribution in [1.82, 2.24) is 10.3 Å². The lowest BCUT2D eigenvalue weighted by Gasteiger charge is -2.13. The van der Waals surface area contributed by atoms with Crippen molar-refractivity contribution in [3.05, 3.63) is 23.6 Å². The van der Waals surface area contributed by atoms with Crippen LogP contribution in [0, 0.1) is 11.7 Å². The molecule has 1 heterocycles. The van der Waals surface area contributed by atoms with Gasteiger partial charge in [0.25, 0.3) is 5.91 Å². The van der Waals surface area contributed by atoms with Gasteiger partial charge in [0, 0.05) is 19.3 Å². The number of pyridine rings is 1. The third-order valence-electron chi connectivity index (χ3n) is 3.40. The summed E-state index contributed by atoms with van der Waals surface area (Å²) in [5, 5.41) is 5.51. The largest absolute Gasteiger partial charge is 0.371 e. The molecule has 1 saturated carbocycles. The summed E-state index contributed by atoms with van der Waals surface area (Å²) in [5.41, 5.74) is 0.0499. The highest BCUT2D eigenvalue weighted by Gasteiger charge is 2.24. The fourth-order valence-electron chi connectivity index (χ4n) is 2.39. The number of nitrogens with zero attached hydrogens (tertiary/aromatic N) is 1. The molecule has 2 unspecified atom stereocenters. The first-order chi connectivity index (χ1) is 8.61. The minimum Gasteiger partial charge on any atom is -0.371 e. The highest BCUT2D eigenvalue weighted by Crippen LogP contribution is 2.25. The van der Waals surface area contributed by atoms with Crippen LogP contribution in [0.1, 0.15) is 36.5 Å². The van der Waals surface area contributed by atoms with Crippen molar-refractivity contribution in [1.29, 1.82) is 0 Å². The van der Waals surface area contributed by atoms with Gasteiger partial charge in [0.05, 0.1) is 5.56 Å². The normalized spacial score (nSPS) is 22.8. The molecule has 0 spiro atoms. The number of carbonyl (C=O) groups excluding carboxylic acids is 1. The Balaban J connectivity index is 2.09. The van der Waals surface area contributed by atoms with Gasteiger partial charge in [0.1, 0.15) is 0 Å². The number of nitrogens with one attached hydrogen (secondary N) is 2. The molecule has 0 bridgehead atoms. The van der Waals surface area contributed by atoms with Gasteiger partial charge >= 0.3 is 0 Å². The lowest BCUT2D eigenvalue weighted by Crippen LogP contribution is -2.33. The Kier molecular flexibility index (Phi) is 3.79. The second kappa shape index (κ2) is 5.33. The Labute approximate surface area is 106 Å². The van der Waals surface area contributed by atoms with Crippen molar-refractivity contribution < 1.29 is 9.18 Å². The summed E-state index contributed by atoms with van der Waals surface area (Å²) in [6, 6.07) is 1.57. The zero-order chi connectivity index (χ0) is 13.1. The third-order valence-corrected chi connectivity index (χ3v) is 3.40. The Morgan fingerprint density at radius 2 is 2.28 bits per heavy atom. The molecule has 1 aliphatic rings. The average molecular weight is 251 g/mol. The van der Waals surface area contributed by atoms with Crippen LogP contribution in [0.15, 0.2) is 12.3 Å².